The maximum atomic E-state index is 6.14. The van der Waals surface area contributed by atoms with Crippen LogP contribution in [-0.4, -0.2) is 11.5 Å². The Labute approximate surface area is 129 Å². The minimum Gasteiger partial charge on any atom is -0.369 e. The van der Waals surface area contributed by atoms with Gasteiger partial charge in [-0.1, -0.05) is 30.3 Å². The first-order chi connectivity index (χ1) is 9.16. The summed E-state index contributed by atoms with van der Waals surface area (Å²) in [7, 11) is 0. The summed E-state index contributed by atoms with van der Waals surface area (Å²) in [6.07, 6.45) is 2.62. The Morgan fingerprint density at radius 2 is 1.95 bits per heavy atom. The Morgan fingerprint density at radius 3 is 2.63 bits per heavy atom. The van der Waals surface area contributed by atoms with Crippen molar-refractivity contribution in [2.75, 3.05) is 11.9 Å². The molecule has 3 N–H and O–H groups in total. The van der Waals surface area contributed by atoms with Crippen molar-refractivity contribution in [1.82, 2.24) is 4.98 Å². The molecule has 0 radical (unpaired) electrons. The van der Waals surface area contributed by atoms with E-state index < -0.39 is 0 Å². The number of nitrogens with two attached hydrogens (primary N) is 1. The molecule has 0 fully saturated rings. The summed E-state index contributed by atoms with van der Waals surface area (Å²) in [5, 5.41) is 3.28. The predicted molar refractivity (Wildman–Crippen MR) is 86.1 cm³/mol. The number of rotatable bonds is 5. The number of nitrogens with one attached hydrogen (secondary N) is 1. The van der Waals surface area contributed by atoms with Crippen molar-refractivity contribution in [1.29, 1.82) is 0 Å². The number of anilines is 1. The van der Waals surface area contributed by atoms with Crippen molar-refractivity contribution in [3.63, 3.8) is 0 Å². The van der Waals surface area contributed by atoms with E-state index in [1.807, 2.05) is 24.3 Å². The summed E-state index contributed by atoms with van der Waals surface area (Å²) >= 11 is 6.85. The average molecular weight is 385 g/mol. The van der Waals surface area contributed by atoms with Gasteiger partial charge in [0.25, 0.3) is 0 Å². The summed E-state index contributed by atoms with van der Waals surface area (Å²) in [4.78, 5) is 4.30. The number of pyridine rings is 1. The van der Waals surface area contributed by atoms with Crippen LogP contribution in [0.1, 0.15) is 18.0 Å². The summed E-state index contributed by atoms with van der Waals surface area (Å²) in [6.45, 7) is 0.781. The monoisotopic (exact) mass is 383 g/mol. The lowest BCUT2D eigenvalue weighted by Crippen LogP contribution is -2.15. The van der Waals surface area contributed by atoms with E-state index >= 15 is 0 Å². The van der Waals surface area contributed by atoms with E-state index in [0.717, 1.165) is 33.3 Å². The fourth-order valence-electron chi connectivity index (χ4n) is 1.76. The topological polar surface area (TPSA) is 50.9 Å². The molecule has 0 bridgehead atoms. The molecule has 5 heteroatoms. The molecule has 1 heterocycles. The molecule has 2 aromatic rings. The van der Waals surface area contributed by atoms with Crippen LogP contribution in [0.15, 0.2) is 51.5 Å². The molecule has 1 aromatic carbocycles. The van der Waals surface area contributed by atoms with Gasteiger partial charge < -0.3 is 11.1 Å². The standard InChI is InChI=1S/C14H15Br2N3/c15-11-8-12(16)14(19-9-11)18-7-6-13(17)10-4-2-1-3-5-10/h1-5,8-9,13H,6-7,17H2,(H,18,19). The van der Waals surface area contributed by atoms with Crippen LogP contribution in [0.25, 0.3) is 0 Å². The third-order valence-electron chi connectivity index (χ3n) is 2.78. The molecular formula is C14H15Br2N3. The van der Waals surface area contributed by atoms with Crippen LogP contribution < -0.4 is 11.1 Å². The van der Waals surface area contributed by atoms with Gasteiger partial charge in [0.05, 0.1) is 4.47 Å². The maximum Gasteiger partial charge on any atom is 0.140 e. The zero-order chi connectivity index (χ0) is 13.7. The molecule has 0 aliphatic carbocycles. The molecule has 3 nitrogen and oxygen atoms in total. The van der Waals surface area contributed by atoms with Crippen molar-refractivity contribution in [3.05, 3.63) is 57.1 Å². The van der Waals surface area contributed by atoms with Gasteiger partial charge in [-0.25, -0.2) is 4.98 Å². The Balaban J connectivity index is 1.86. The Hall–Kier alpha value is -0.910. The van der Waals surface area contributed by atoms with E-state index in [4.69, 9.17) is 5.73 Å². The van der Waals surface area contributed by atoms with Crippen molar-refractivity contribution >= 4 is 37.7 Å². The molecular weight excluding hydrogens is 370 g/mol. The molecule has 1 atom stereocenters. The molecule has 2 rings (SSSR count). The fourth-order valence-corrected chi connectivity index (χ4v) is 2.89. The third kappa shape index (κ3) is 4.30. The SMILES string of the molecule is NC(CCNc1ncc(Br)cc1Br)c1ccccc1. The van der Waals surface area contributed by atoms with Gasteiger partial charge in [-0.15, -0.1) is 0 Å². The van der Waals surface area contributed by atoms with Gasteiger partial charge in [-0.2, -0.15) is 0 Å². The Morgan fingerprint density at radius 1 is 1.21 bits per heavy atom. The van der Waals surface area contributed by atoms with Gasteiger partial charge >= 0.3 is 0 Å². The molecule has 19 heavy (non-hydrogen) atoms. The summed E-state index contributed by atoms with van der Waals surface area (Å²) < 4.78 is 1.89. The first-order valence-electron chi connectivity index (χ1n) is 6.02. The van der Waals surface area contributed by atoms with Crippen molar-refractivity contribution in [3.8, 4) is 0 Å². The number of halogens is 2. The van der Waals surface area contributed by atoms with Crippen molar-refractivity contribution < 1.29 is 0 Å². The van der Waals surface area contributed by atoms with Gasteiger partial charge in [0.1, 0.15) is 5.82 Å². The highest BCUT2D eigenvalue weighted by atomic mass is 79.9. The number of nitrogens with zero attached hydrogens (tertiary/aromatic N) is 1. The summed E-state index contributed by atoms with van der Waals surface area (Å²) in [5.41, 5.74) is 7.30. The molecule has 0 aliphatic rings. The molecule has 0 saturated heterocycles. The minimum atomic E-state index is 0.0444. The molecule has 100 valence electrons. The second kappa shape index (κ2) is 7.03. The molecule has 0 amide bonds. The van der Waals surface area contributed by atoms with Crippen LogP contribution in [-0.2, 0) is 0 Å². The Bertz CT molecular complexity index is 531. The minimum absolute atomic E-state index is 0.0444. The zero-order valence-electron chi connectivity index (χ0n) is 10.3. The summed E-state index contributed by atoms with van der Waals surface area (Å²) in [6, 6.07) is 12.1. The van der Waals surface area contributed by atoms with Gasteiger partial charge in [0.15, 0.2) is 0 Å². The van der Waals surface area contributed by atoms with Gasteiger partial charge in [-0.05, 0) is 49.9 Å². The van der Waals surface area contributed by atoms with Crippen LogP contribution >= 0.6 is 31.9 Å². The lowest BCUT2D eigenvalue weighted by Gasteiger charge is -2.13. The lowest BCUT2D eigenvalue weighted by atomic mass is 10.1. The van der Waals surface area contributed by atoms with Crippen LogP contribution in [0.5, 0.6) is 0 Å². The highest BCUT2D eigenvalue weighted by Gasteiger charge is 2.06. The Kier molecular flexibility index (Phi) is 5.36. The van der Waals surface area contributed by atoms with Crippen molar-refractivity contribution in [2.45, 2.75) is 12.5 Å². The van der Waals surface area contributed by atoms with Crippen LogP contribution in [0.2, 0.25) is 0 Å². The first-order valence-corrected chi connectivity index (χ1v) is 7.61. The smallest absolute Gasteiger partial charge is 0.140 e. The average Bonchev–Trinajstić information content (AvgIpc) is 2.42. The van der Waals surface area contributed by atoms with E-state index in [9.17, 15) is 0 Å². The predicted octanol–water partition coefficient (Wildman–Crippen LogP) is 4.11. The molecule has 0 aliphatic heterocycles. The number of hydrogen-bond acceptors (Lipinski definition) is 3. The first kappa shape index (κ1) is 14.5. The molecule has 1 aromatic heterocycles. The quantitative estimate of drug-likeness (QED) is 0.815. The van der Waals surface area contributed by atoms with Gasteiger partial charge in [0, 0.05) is 23.3 Å². The number of hydrogen-bond donors (Lipinski definition) is 2. The lowest BCUT2D eigenvalue weighted by molar-refractivity contribution is 0.674. The van der Waals surface area contributed by atoms with E-state index in [-0.39, 0.29) is 6.04 Å². The largest absolute Gasteiger partial charge is 0.369 e. The van der Waals surface area contributed by atoms with E-state index in [1.54, 1.807) is 6.20 Å². The van der Waals surface area contributed by atoms with E-state index in [2.05, 4.69) is 54.3 Å². The van der Waals surface area contributed by atoms with Gasteiger partial charge in [-0.3, -0.25) is 0 Å². The molecule has 1 unspecified atom stereocenters. The fraction of sp³-hybridized carbons (Fsp3) is 0.214. The van der Waals surface area contributed by atoms with Gasteiger partial charge in [0.2, 0.25) is 0 Å². The van der Waals surface area contributed by atoms with Crippen LogP contribution in [0, 0.1) is 0 Å². The molecule has 0 saturated carbocycles. The van der Waals surface area contributed by atoms with E-state index in [0.29, 0.717) is 0 Å². The maximum absolute atomic E-state index is 6.14. The highest BCUT2D eigenvalue weighted by Crippen LogP contribution is 2.23. The van der Waals surface area contributed by atoms with Crippen molar-refractivity contribution in [2.24, 2.45) is 5.73 Å². The zero-order valence-corrected chi connectivity index (χ0v) is 13.5. The second-order valence-electron chi connectivity index (χ2n) is 4.22. The highest BCUT2D eigenvalue weighted by molar-refractivity contribution is 9.11. The normalized spacial score (nSPS) is 12.2. The number of benzene rings is 1. The number of aromatic nitrogens is 1. The van der Waals surface area contributed by atoms with Crippen LogP contribution in [0.4, 0.5) is 5.82 Å². The summed E-state index contributed by atoms with van der Waals surface area (Å²) in [5.74, 6) is 0.837. The van der Waals surface area contributed by atoms with E-state index in [1.165, 1.54) is 0 Å². The molecule has 0 spiro atoms. The third-order valence-corrected chi connectivity index (χ3v) is 3.82. The van der Waals surface area contributed by atoms with Crippen LogP contribution in [0.3, 0.4) is 0 Å². The second-order valence-corrected chi connectivity index (χ2v) is 5.99.